The first kappa shape index (κ1) is 19.3. The van der Waals surface area contributed by atoms with E-state index in [4.69, 9.17) is 31.0 Å². The van der Waals surface area contributed by atoms with Gasteiger partial charge in [0.25, 0.3) is 5.91 Å². The van der Waals surface area contributed by atoms with Gasteiger partial charge in [0.15, 0.2) is 0 Å². The first-order chi connectivity index (χ1) is 12.6. The van der Waals surface area contributed by atoms with Crippen LogP contribution in [0.5, 0.6) is 0 Å². The molecular weight excluding hydrogens is 364 g/mol. The molecule has 2 aromatic carbocycles. The molecule has 2 aromatic rings. The van der Waals surface area contributed by atoms with Crippen molar-refractivity contribution in [3.63, 3.8) is 0 Å². The summed E-state index contributed by atoms with van der Waals surface area (Å²) in [5.74, 6) is 0.0856. The Morgan fingerprint density at radius 3 is 2.58 bits per heavy atom. The summed E-state index contributed by atoms with van der Waals surface area (Å²) >= 11 is 12.4. The summed E-state index contributed by atoms with van der Waals surface area (Å²) in [5.41, 5.74) is 1.75. The van der Waals surface area contributed by atoms with E-state index in [1.807, 2.05) is 53.4 Å². The number of carbonyl (C=O) groups excluding carboxylic acids is 1. The Balaban J connectivity index is 1.91. The van der Waals surface area contributed by atoms with Crippen molar-refractivity contribution < 1.29 is 4.79 Å². The number of carbonyl (C=O) groups is 1. The maximum atomic E-state index is 13.0. The summed E-state index contributed by atoms with van der Waals surface area (Å²) in [7, 11) is 5.79. The number of halogens is 2. The van der Waals surface area contributed by atoms with Crippen molar-refractivity contribution in [2.24, 2.45) is 0 Å². The zero-order valence-corrected chi connectivity index (χ0v) is 16.3. The van der Waals surface area contributed by atoms with E-state index in [2.05, 4.69) is 0 Å². The first-order valence-electron chi connectivity index (χ1n) is 9.06. The van der Waals surface area contributed by atoms with Crippen LogP contribution in [-0.4, -0.2) is 31.7 Å². The van der Waals surface area contributed by atoms with E-state index < -0.39 is 0 Å². The van der Waals surface area contributed by atoms with Crippen molar-refractivity contribution in [1.29, 1.82) is 0 Å². The molecule has 0 aliphatic carbocycles. The fourth-order valence-electron chi connectivity index (χ4n) is 3.92. The molecule has 1 fully saturated rings. The van der Waals surface area contributed by atoms with Crippen LogP contribution in [0.15, 0.2) is 48.5 Å². The normalized spacial score (nSPS) is 20.2. The van der Waals surface area contributed by atoms with Gasteiger partial charge in [0.1, 0.15) is 0 Å². The van der Waals surface area contributed by atoms with Gasteiger partial charge in [0, 0.05) is 24.1 Å². The highest BCUT2D eigenvalue weighted by atomic mass is 35.5. The number of piperidine rings is 1. The molecule has 1 saturated heterocycles. The second kappa shape index (κ2) is 8.50. The molecule has 2 nitrogen and oxygen atoms in total. The third kappa shape index (κ3) is 4.10. The summed E-state index contributed by atoms with van der Waals surface area (Å²) in [4.78, 5) is 14.9. The van der Waals surface area contributed by atoms with Gasteiger partial charge in [-0.2, -0.15) is 0 Å². The Morgan fingerprint density at radius 2 is 1.88 bits per heavy atom. The molecule has 134 valence electrons. The fourth-order valence-corrected chi connectivity index (χ4v) is 4.22. The highest BCUT2D eigenvalue weighted by molar-refractivity contribution is 6.42. The van der Waals surface area contributed by atoms with E-state index >= 15 is 0 Å². The quantitative estimate of drug-likeness (QED) is 0.619. The van der Waals surface area contributed by atoms with Crippen LogP contribution in [0, 0.1) is 0 Å². The lowest BCUT2D eigenvalue weighted by molar-refractivity contribution is 0.0625. The maximum absolute atomic E-state index is 13.0. The Morgan fingerprint density at radius 1 is 1.12 bits per heavy atom. The van der Waals surface area contributed by atoms with Crippen LogP contribution in [0.25, 0.3) is 0 Å². The number of nitrogens with zero attached hydrogens (tertiary/aromatic N) is 1. The van der Waals surface area contributed by atoms with E-state index in [-0.39, 0.29) is 11.3 Å². The third-order valence-corrected chi connectivity index (χ3v) is 6.02. The van der Waals surface area contributed by atoms with Gasteiger partial charge in [-0.15, -0.1) is 0 Å². The molecule has 1 amide bonds. The third-order valence-electron chi connectivity index (χ3n) is 5.28. The second-order valence-electron chi connectivity index (χ2n) is 7.00. The van der Waals surface area contributed by atoms with Crippen LogP contribution in [0.1, 0.15) is 41.6 Å². The first-order valence-corrected chi connectivity index (χ1v) is 9.81. The molecule has 26 heavy (non-hydrogen) atoms. The Kier molecular flexibility index (Phi) is 6.31. The van der Waals surface area contributed by atoms with Gasteiger partial charge >= 0.3 is 0 Å². The lowest BCUT2D eigenvalue weighted by Crippen LogP contribution is -2.48. The molecule has 1 unspecified atom stereocenters. The van der Waals surface area contributed by atoms with Crippen molar-refractivity contribution in [3.8, 4) is 0 Å². The average molecular weight is 386 g/mol. The molecule has 3 rings (SSSR count). The minimum atomic E-state index is -0.129. The summed E-state index contributed by atoms with van der Waals surface area (Å²) in [6, 6.07) is 15.3. The molecule has 1 aliphatic heterocycles. The maximum Gasteiger partial charge on any atom is 0.253 e. The van der Waals surface area contributed by atoms with E-state index in [0.717, 1.165) is 43.4 Å². The fraction of sp³-hybridized carbons (Fsp3) is 0.381. The standard InChI is InChI=1S/C21H22BCl2NO/c22-12-4-10-21(17-8-9-18(23)19(24)14-17)11-5-13-25(15-21)20(26)16-6-2-1-3-7-16/h1-3,6-9,14H,4-5,10-13,15H2. The predicted molar refractivity (Wildman–Crippen MR) is 110 cm³/mol. The summed E-state index contributed by atoms with van der Waals surface area (Å²) in [6.07, 6.45) is 4.45. The van der Waals surface area contributed by atoms with Crippen molar-refractivity contribution in [3.05, 3.63) is 69.7 Å². The van der Waals surface area contributed by atoms with Gasteiger partial charge in [-0.25, -0.2) is 0 Å². The Bertz CT molecular complexity index is 768. The van der Waals surface area contributed by atoms with E-state index in [1.165, 1.54) is 0 Å². The number of amides is 1. The molecule has 0 N–H and O–H groups in total. The summed E-state index contributed by atoms with van der Waals surface area (Å²) < 4.78 is 0. The van der Waals surface area contributed by atoms with E-state index in [0.29, 0.717) is 22.9 Å². The highest BCUT2D eigenvalue weighted by Gasteiger charge is 2.38. The minimum Gasteiger partial charge on any atom is -0.338 e. The van der Waals surface area contributed by atoms with Gasteiger partial charge in [-0.1, -0.05) is 60.2 Å². The van der Waals surface area contributed by atoms with Crippen LogP contribution in [0.2, 0.25) is 16.4 Å². The molecule has 1 heterocycles. The lowest BCUT2D eigenvalue weighted by Gasteiger charge is -2.44. The second-order valence-corrected chi connectivity index (χ2v) is 7.81. The predicted octanol–water partition coefficient (Wildman–Crippen LogP) is 5.53. The van der Waals surface area contributed by atoms with E-state index in [9.17, 15) is 4.79 Å². The van der Waals surface area contributed by atoms with Crippen LogP contribution < -0.4 is 0 Å². The molecule has 0 bridgehead atoms. The van der Waals surface area contributed by atoms with Crippen LogP contribution in [0.4, 0.5) is 0 Å². The zero-order valence-electron chi connectivity index (χ0n) is 14.8. The largest absolute Gasteiger partial charge is 0.338 e. The molecule has 0 saturated carbocycles. The lowest BCUT2D eigenvalue weighted by atomic mass is 9.70. The molecular formula is C21H22BCl2NO. The van der Waals surface area contributed by atoms with Gasteiger partial charge in [0.2, 0.25) is 0 Å². The SMILES string of the molecule is [B]CCCC1(c2ccc(Cl)c(Cl)c2)CCCN(C(=O)c2ccccc2)C1. The number of hydrogen-bond acceptors (Lipinski definition) is 1. The highest BCUT2D eigenvalue weighted by Crippen LogP contribution is 2.41. The Hall–Kier alpha value is -1.45. The van der Waals surface area contributed by atoms with Crippen molar-refractivity contribution >= 4 is 37.0 Å². The molecule has 5 heteroatoms. The zero-order chi connectivity index (χ0) is 18.6. The van der Waals surface area contributed by atoms with Crippen LogP contribution >= 0.6 is 23.2 Å². The summed E-state index contributed by atoms with van der Waals surface area (Å²) in [6.45, 7) is 1.46. The van der Waals surface area contributed by atoms with Gasteiger partial charge < -0.3 is 4.90 Å². The smallest absolute Gasteiger partial charge is 0.253 e. The average Bonchev–Trinajstić information content (AvgIpc) is 2.68. The molecule has 0 aromatic heterocycles. The molecule has 0 spiro atoms. The van der Waals surface area contributed by atoms with Gasteiger partial charge in [-0.3, -0.25) is 4.79 Å². The molecule has 1 atom stereocenters. The van der Waals surface area contributed by atoms with Crippen molar-refractivity contribution in [2.75, 3.05) is 13.1 Å². The summed E-state index contributed by atoms with van der Waals surface area (Å²) in [5, 5.41) is 1.11. The number of likely N-dealkylation sites (tertiary alicyclic amines) is 1. The van der Waals surface area contributed by atoms with E-state index in [1.54, 1.807) is 0 Å². The molecule has 1 aliphatic rings. The monoisotopic (exact) mass is 385 g/mol. The Labute approximate surface area is 166 Å². The van der Waals surface area contributed by atoms with Crippen LogP contribution in [0.3, 0.4) is 0 Å². The molecule has 2 radical (unpaired) electrons. The number of rotatable bonds is 5. The van der Waals surface area contributed by atoms with Crippen molar-refractivity contribution in [2.45, 2.75) is 37.4 Å². The topological polar surface area (TPSA) is 20.3 Å². The van der Waals surface area contributed by atoms with Crippen molar-refractivity contribution in [1.82, 2.24) is 4.90 Å². The number of hydrogen-bond donors (Lipinski definition) is 0. The number of benzene rings is 2. The van der Waals surface area contributed by atoms with Gasteiger partial charge in [0.05, 0.1) is 17.9 Å². The minimum absolute atomic E-state index is 0.0856. The van der Waals surface area contributed by atoms with Crippen LogP contribution in [-0.2, 0) is 5.41 Å². The van der Waals surface area contributed by atoms with Gasteiger partial charge in [-0.05, 0) is 49.1 Å².